The van der Waals surface area contributed by atoms with Crippen molar-refractivity contribution in [3.63, 3.8) is 0 Å². The standard InChI is InChI=1S/C14H22BrN3O/c1-9(2)7-14(3,8-16)18-12-5-4-10(15)6-11(12)13(17)19/h4-6,9,18H,7-8,16H2,1-3H3,(H2,17,19). The van der Waals surface area contributed by atoms with Crippen molar-refractivity contribution in [2.75, 3.05) is 11.9 Å². The molecule has 0 saturated heterocycles. The van der Waals surface area contributed by atoms with E-state index in [9.17, 15) is 4.79 Å². The highest BCUT2D eigenvalue weighted by molar-refractivity contribution is 9.10. The van der Waals surface area contributed by atoms with Crippen LogP contribution >= 0.6 is 15.9 Å². The van der Waals surface area contributed by atoms with Gasteiger partial charge in [-0.2, -0.15) is 0 Å². The quantitative estimate of drug-likeness (QED) is 0.751. The van der Waals surface area contributed by atoms with Crippen LogP contribution in [0.3, 0.4) is 0 Å². The van der Waals surface area contributed by atoms with E-state index in [1.54, 1.807) is 6.07 Å². The summed E-state index contributed by atoms with van der Waals surface area (Å²) in [5.41, 5.74) is 12.2. The van der Waals surface area contributed by atoms with Crippen molar-refractivity contribution in [2.24, 2.45) is 17.4 Å². The minimum atomic E-state index is -0.451. The normalized spacial score (nSPS) is 14.2. The molecule has 0 aliphatic rings. The summed E-state index contributed by atoms with van der Waals surface area (Å²) >= 11 is 3.34. The number of amides is 1. The van der Waals surface area contributed by atoms with Crippen molar-refractivity contribution in [2.45, 2.75) is 32.7 Å². The van der Waals surface area contributed by atoms with Gasteiger partial charge in [-0.15, -0.1) is 0 Å². The molecule has 1 aromatic rings. The SMILES string of the molecule is CC(C)CC(C)(CN)Nc1ccc(Br)cc1C(N)=O. The minimum Gasteiger partial charge on any atom is -0.378 e. The van der Waals surface area contributed by atoms with Crippen molar-refractivity contribution in [1.82, 2.24) is 0 Å². The monoisotopic (exact) mass is 327 g/mol. The number of rotatable bonds is 6. The maximum Gasteiger partial charge on any atom is 0.250 e. The second-order valence-electron chi connectivity index (χ2n) is 5.54. The van der Waals surface area contributed by atoms with Crippen molar-refractivity contribution >= 4 is 27.5 Å². The minimum absolute atomic E-state index is 0.258. The van der Waals surface area contributed by atoms with E-state index >= 15 is 0 Å². The molecule has 0 aromatic heterocycles. The third-order valence-corrected chi connectivity index (χ3v) is 3.49. The van der Waals surface area contributed by atoms with Crippen molar-refractivity contribution in [3.05, 3.63) is 28.2 Å². The van der Waals surface area contributed by atoms with Gasteiger partial charge in [-0.05, 0) is 37.5 Å². The predicted molar refractivity (Wildman–Crippen MR) is 83.2 cm³/mol. The number of primary amides is 1. The Balaban J connectivity index is 3.06. The molecule has 4 nitrogen and oxygen atoms in total. The summed E-state index contributed by atoms with van der Waals surface area (Å²) in [7, 11) is 0. The van der Waals surface area contributed by atoms with Gasteiger partial charge in [-0.3, -0.25) is 4.79 Å². The first-order valence-electron chi connectivity index (χ1n) is 6.35. The molecule has 1 amide bonds. The first-order chi connectivity index (χ1) is 8.77. The Morgan fingerprint density at radius 1 is 1.47 bits per heavy atom. The lowest BCUT2D eigenvalue weighted by atomic mass is 9.90. The molecule has 0 fully saturated rings. The lowest BCUT2D eigenvalue weighted by Crippen LogP contribution is -2.44. The van der Waals surface area contributed by atoms with Crippen LogP contribution in [0.25, 0.3) is 0 Å². The molecule has 1 rings (SSSR count). The van der Waals surface area contributed by atoms with Gasteiger partial charge >= 0.3 is 0 Å². The molecule has 0 radical (unpaired) electrons. The topological polar surface area (TPSA) is 81.1 Å². The van der Waals surface area contributed by atoms with Gasteiger partial charge in [0, 0.05) is 22.2 Å². The van der Waals surface area contributed by atoms with Gasteiger partial charge in [0.25, 0.3) is 5.91 Å². The summed E-state index contributed by atoms with van der Waals surface area (Å²) in [6.07, 6.45) is 0.914. The highest BCUT2D eigenvalue weighted by Gasteiger charge is 2.25. The maximum absolute atomic E-state index is 11.5. The van der Waals surface area contributed by atoms with Crippen LogP contribution in [0.15, 0.2) is 22.7 Å². The van der Waals surface area contributed by atoms with Gasteiger partial charge in [0.2, 0.25) is 0 Å². The molecule has 1 aromatic carbocycles. The zero-order chi connectivity index (χ0) is 14.6. The largest absolute Gasteiger partial charge is 0.378 e. The summed E-state index contributed by atoms with van der Waals surface area (Å²) in [6, 6.07) is 5.44. The van der Waals surface area contributed by atoms with Gasteiger partial charge in [0.15, 0.2) is 0 Å². The fraction of sp³-hybridized carbons (Fsp3) is 0.500. The van der Waals surface area contributed by atoms with Gasteiger partial charge in [0.05, 0.1) is 5.56 Å². The van der Waals surface area contributed by atoms with Crippen LogP contribution in [-0.2, 0) is 0 Å². The first kappa shape index (κ1) is 16.0. The number of carbonyl (C=O) groups excluding carboxylic acids is 1. The molecular formula is C14H22BrN3O. The Bertz CT molecular complexity index is 462. The molecule has 0 saturated carbocycles. The van der Waals surface area contributed by atoms with E-state index in [2.05, 4.69) is 42.0 Å². The maximum atomic E-state index is 11.5. The number of hydrogen-bond donors (Lipinski definition) is 3. The van der Waals surface area contributed by atoms with E-state index in [1.165, 1.54) is 0 Å². The molecule has 1 atom stereocenters. The van der Waals surface area contributed by atoms with Crippen LogP contribution < -0.4 is 16.8 Å². The smallest absolute Gasteiger partial charge is 0.250 e. The summed E-state index contributed by atoms with van der Waals surface area (Å²) in [4.78, 5) is 11.5. The highest BCUT2D eigenvalue weighted by Crippen LogP contribution is 2.26. The molecule has 0 aliphatic heterocycles. The van der Waals surface area contributed by atoms with E-state index in [4.69, 9.17) is 11.5 Å². The number of carbonyl (C=O) groups is 1. The van der Waals surface area contributed by atoms with E-state index in [0.29, 0.717) is 18.0 Å². The third-order valence-electron chi connectivity index (χ3n) is 2.99. The number of halogens is 1. The Kier molecular flexibility index (Phi) is 5.38. The van der Waals surface area contributed by atoms with Crippen LogP contribution in [0.1, 0.15) is 37.6 Å². The average molecular weight is 328 g/mol. The molecule has 0 aliphatic carbocycles. The van der Waals surface area contributed by atoms with E-state index < -0.39 is 5.91 Å². The van der Waals surface area contributed by atoms with Crippen molar-refractivity contribution < 1.29 is 4.79 Å². The Hall–Kier alpha value is -1.07. The Labute approximate surface area is 123 Å². The van der Waals surface area contributed by atoms with E-state index in [0.717, 1.165) is 16.6 Å². The summed E-state index contributed by atoms with van der Waals surface area (Å²) in [5.74, 6) is 0.0567. The predicted octanol–water partition coefficient (Wildman–Crippen LogP) is 2.72. The van der Waals surface area contributed by atoms with E-state index in [1.807, 2.05) is 12.1 Å². The molecular weight excluding hydrogens is 306 g/mol. The number of nitrogens with one attached hydrogen (secondary N) is 1. The molecule has 5 N–H and O–H groups in total. The first-order valence-corrected chi connectivity index (χ1v) is 7.14. The second-order valence-corrected chi connectivity index (χ2v) is 6.46. The molecule has 0 bridgehead atoms. The molecule has 0 spiro atoms. The molecule has 5 heteroatoms. The van der Waals surface area contributed by atoms with Crippen LogP contribution in [0.2, 0.25) is 0 Å². The molecule has 106 valence electrons. The summed E-state index contributed by atoms with van der Waals surface area (Å²) in [5, 5.41) is 3.37. The zero-order valence-electron chi connectivity index (χ0n) is 11.7. The number of nitrogens with two attached hydrogens (primary N) is 2. The number of benzene rings is 1. The lowest BCUT2D eigenvalue weighted by molar-refractivity contribution is 0.100. The van der Waals surface area contributed by atoms with Crippen LogP contribution in [0.5, 0.6) is 0 Å². The zero-order valence-corrected chi connectivity index (χ0v) is 13.3. The number of hydrogen-bond acceptors (Lipinski definition) is 3. The lowest BCUT2D eigenvalue weighted by Gasteiger charge is -2.33. The molecule has 1 unspecified atom stereocenters. The number of anilines is 1. The third kappa shape index (κ3) is 4.51. The Morgan fingerprint density at radius 3 is 2.58 bits per heavy atom. The molecule has 19 heavy (non-hydrogen) atoms. The van der Waals surface area contributed by atoms with Crippen LogP contribution in [-0.4, -0.2) is 18.0 Å². The summed E-state index contributed by atoms with van der Waals surface area (Å²) < 4.78 is 0.824. The fourth-order valence-electron chi connectivity index (χ4n) is 2.24. The highest BCUT2D eigenvalue weighted by atomic mass is 79.9. The fourth-order valence-corrected chi connectivity index (χ4v) is 2.60. The van der Waals surface area contributed by atoms with Crippen LogP contribution in [0, 0.1) is 5.92 Å². The van der Waals surface area contributed by atoms with Gasteiger partial charge in [0.1, 0.15) is 0 Å². The average Bonchev–Trinajstić information content (AvgIpc) is 2.30. The van der Waals surface area contributed by atoms with E-state index in [-0.39, 0.29) is 5.54 Å². The van der Waals surface area contributed by atoms with Gasteiger partial charge in [-0.25, -0.2) is 0 Å². The molecule has 0 heterocycles. The van der Waals surface area contributed by atoms with Crippen molar-refractivity contribution in [1.29, 1.82) is 0 Å². The summed E-state index contributed by atoms with van der Waals surface area (Å²) in [6.45, 7) is 6.83. The second kappa shape index (κ2) is 6.39. The van der Waals surface area contributed by atoms with Gasteiger partial charge in [-0.1, -0.05) is 29.8 Å². The Morgan fingerprint density at radius 2 is 2.11 bits per heavy atom. The van der Waals surface area contributed by atoms with Crippen LogP contribution in [0.4, 0.5) is 5.69 Å². The van der Waals surface area contributed by atoms with Gasteiger partial charge < -0.3 is 16.8 Å². The van der Waals surface area contributed by atoms with Crippen molar-refractivity contribution in [3.8, 4) is 0 Å².